The number of benzene rings is 1. The van der Waals surface area contributed by atoms with Crippen LogP contribution in [-0.4, -0.2) is 64.9 Å². The number of hydrogen-bond donors (Lipinski definition) is 2. The van der Waals surface area contributed by atoms with Gasteiger partial charge in [0.25, 0.3) is 0 Å². The van der Waals surface area contributed by atoms with Crippen LogP contribution in [0.25, 0.3) is 0 Å². The zero-order valence-electron chi connectivity index (χ0n) is 20.2. The van der Waals surface area contributed by atoms with Gasteiger partial charge in [0.15, 0.2) is 0 Å². The second-order valence-corrected chi connectivity index (χ2v) is 10.5. The van der Waals surface area contributed by atoms with Crippen LogP contribution in [0.4, 0.5) is 29.3 Å². The summed E-state index contributed by atoms with van der Waals surface area (Å²) >= 11 is 0. The van der Waals surface area contributed by atoms with E-state index in [4.69, 9.17) is 0 Å². The number of amides is 2. The van der Waals surface area contributed by atoms with Gasteiger partial charge < -0.3 is 20.0 Å². The van der Waals surface area contributed by atoms with Crippen molar-refractivity contribution in [2.75, 3.05) is 29.4 Å². The maximum Gasteiger partial charge on any atom is 0.418 e. The number of carbonyl (C=O) groups excluding carboxylic acids is 1. The van der Waals surface area contributed by atoms with Crippen molar-refractivity contribution in [3.63, 3.8) is 0 Å². The summed E-state index contributed by atoms with van der Waals surface area (Å²) in [6, 6.07) is 3.22. The highest BCUT2D eigenvalue weighted by molar-refractivity contribution is 5.88. The Balaban J connectivity index is 1.61. The van der Waals surface area contributed by atoms with Crippen LogP contribution in [0.2, 0.25) is 0 Å². The monoisotopic (exact) mass is 497 g/mol. The molecule has 1 spiro atoms. The number of anilines is 2. The van der Waals surface area contributed by atoms with Crippen molar-refractivity contribution in [1.82, 2.24) is 4.90 Å². The topological polar surface area (TPSA) is 84.3 Å². The molecule has 4 rings (SSSR count). The van der Waals surface area contributed by atoms with Crippen LogP contribution in [-0.2, 0) is 11.0 Å². The standard InChI is InChI=1S/C25H34F3N3O4/c1-16(2)31(23(34)35)18-6-9-21(20(14-18)25(26,27)28)29-12-3-10-24(15-29)11-13-30(22(24)33)17-4-7-19(32)8-5-17/h6,9,14,16-17,19,32H,3-5,7-8,10-13,15H2,1-2H3,(H,34,35)/t17-,19-,24?. The quantitative estimate of drug-likeness (QED) is 0.629. The molecule has 2 aliphatic heterocycles. The van der Waals surface area contributed by atoms with E-state index in [9.17, 15) is 33.0 Å². The fraction of sp³-hybridized carbons (Fsp3) is 0.680. The van der Waals surface area contributed by atoms with Crippen LogP contribution in [0.1, 0.15) is 64.4 Å². The molecule has 0 bridgehead atoms. The molecule has 2 heterocycles. The minimum Gasteiger partial charge on any atom is -0.465 e. The minimum absolute atomic E-state index is 0.0125. The summed E-state index contributed by atoms with van der Waals surface area (Å²) in [5.41, 5.74) is -1.64. The summed E-state index contributed by atoms with van der Waals surface area (Å²) in [7, 11) is 0. The molecule has 35 heavy (non-hydrogen) atoms. The van der Waals surface area contributed by atoms with Crippen molar-refractivity contribution < 1.29 is 33.0 Å². The predicted molar refractivity (Wildman–Crippen MR) is 126 cm³/mol. The highest BCUT2D eigenvalue weighted by Crippen LogP contribution is 2.46. The van der Waals surface area contributed by atoms with Crippen LogP contribution in [0.5, 0.6) is 0 Å². The maximum absolute atomic E-state index is 14.1. The summed E-state index contributed by atoms with van der Waals surface area (Å²) < 4.78 is 42.4. The van der Waals surface area contributed by atoms with E-state index in [0.29, 0.717) is 45.2 Å². The lowest BCUT2D eigenvalue weighted by Crippen LogP contribution is -2.50. The van der Waals surface area contributed by atoms with Gasteiger partial charge in [-0.05, 0) is 77.0 Å². The number of halogens is 3. The normalized spacial score (nSPS) is 27.7. The highest BCUT2D eigenvalue weighted by Gasteiger charge is 2.51. The molecule has 1 aliphatic carbocycles. The first-order valence-electron chi connectivity index (χ1n) is 12.4. The van der Waals surface area contributed by atoms with E-state index in [-0.39, 0.29) is 36.0 Å². The van der Waals surface area contributed by atoms with Crippen LogP contribution >= 0.6 is 0 Å². The number of nitrogens with zero attached hydrogens (tertiary/aromatic N) is 3. The summed E-state index contributed by atoms with van der Waals surface area (Å²) in [6.45, 7) is 4.43. The second-order valence-electron chi connectivity index (χ2n) is 10.5. The number of aliphatic hydroxyl groups excluding tert-OH is 1. The number of carboxylic acid groups (broad SMARTS) is 1. The van der Waals surface area contributed by atoms with Gasteiger partial charge in [0.2, 0.25) is 5.91 Å². The highest BCUT2D eigenvalue weighted by atomic mass is 19.4. The molecule has 2 N–H and O–H groups in total. The van der Waals surface area contributed by atoms with Crippen molar-refractivity contribution in [1.29, 1.82) is 0 Å². The van der Waals surface area contributed by atoms with Gasteiger partial charge in [0.05, 0.1) is 17.1 Å². The molecule has 2 saturated heterocycles. The van der Waals surface area contributed by atoms with Gasteiger partial charge >= 0.3 is 12.3 Å². The van der Waals surface area contributed by atoms with Gasteiger partial charge in [-0.15, -0.1) is 0 Å². The minimum atomic E-state index is -4.67. The Morgan fingerprint density at radius 3 is 2.43 bits per heavy atom. The molecule has 0 radical (unpaired) electrons. The average Bonchev–Trinajstić information content (AvgIpc) is 3.08. The molecule has 1 aromatic carbocycles. The smallest absolute Gasteiger partial charge is 0.418 e. The van der Waals surface area contributed by atoms with E-state index in [1.54, 1.807) is 18.7 Å². The van der Waals surface area contributed by atoms with Crippen LogP contribution in [0.15, 0.2) is 18.2 Å². The van der Waals surface area contributed by atoms with Gasteiger partial charge in [-0.25, -0.2) is 4.79 Å². The SMILES string of the molecule is CC(C)N(C(=O)O)c1ccc(N2CCCC3(CCN([C@H]4CC[C@H](O)CC4)C3=O)C2)c(C(F)(F)F)c1. The number of alkyl halides is 3. The molecule has 194 valence electrons. The lowest BCUT2D eigenvalue weighted by molar-refractivity contribution is -0.139. The van der Waals surface area contributed by atoms with Crippen LogP contribution < -0.4 is 9.80 Å². The zero-order chi connectivity index (χ0) is 25.5. The largest absolute Gasteiger partial charge is 0.465 e. The van der Waals surface area contributed by atoms with E-state index in [0.717, 1.165) is 23.8 Å². The van der Waals surface area contributed by atoms with E-state index < -0.39 is 29.3 Å². The Morgan fingerprint density at radius 2 is 1.83 bits per heavy atom. The molecule has 1 atom stereocenters. The molecule has 1 aromatic rings. The van der Waals surface area contributed by atoms with Crippen molar-refractivity contribution in [2.45, 2.75) is 83.2 Å². The van der Waals surface area contributed by atoms with Crippen molar-refractivity contribution >= 4 is 23.4 Å². The van der Waals surface area contributed by atoms with E-state index >= 15 is 0 Å². The number of piperidine rings is 1. The number of rotatable bonds is 4. The Bertz CT molecular complexity index is 962. The fourth-order valence-corrected chi connectivity index (χ4v) is 6.09. The summed E-state index contributed by atoms with van der Waals surface area (Å²) in [5.74, 6) is 0.0191. The number of likely N-dealkylation sites (tertiary alicyclic amines) is 1. The summed E-state index contributed by atoms with van der Waals surface area (Å²) in [5, 5.41) is 19.3. The second kappa shape index (κ2) is 9.52. The molecule has 0 aromatic heterocycles. The third-order valence-electron chi connectivity index (χ3n) is 7.86. The van der Waals surface area contributed by atoms with E-state index in [1.165, 1.54) is 12.1 Å². The first kappa shape index (κ1) is 25.6. The molecule has 7 nitrogen and oxygen atoms in total. The molecular weight excluding hydrogens is 463 g/mol. The van der Waals surface area contributed by atoms with Crippen molar-refractivity contribution in [3.8, 4) is 0 Å². The fourth-order valence-electron chi connectivity index (χ4n) is 6.09. The lowest BCUT2D eigenvalue weighted by Gasteiger charge is -2.42. The molecule has 2 amide bonds. The number of carbonyl (C=O) groups is 2. The zero-order valence-corrected chi connectivity index (χ0v) is 20.2. The van der Waals surface area contributed by atoms with Crippen molar-refractivity contribution in [3.05, 3.63) is 23.8 Å². The number of hydrogen-bond acceptors (Lipinski definition) is 4. The Morgan fingerprint density at radius 1 is 1.14 bits per heavy atom. The first-order valence-corrected chi connectivity index (χ1v) is 12.4. The Kier molecular flexibility index (Phi) is 6.96. The van der Waals surface area contributed by atoms with Gasteiger partial charge in [0, 0.05) is 43.1 Å². The first-order chi connectivity index (χ1) is 16.4. The molecule has 1 saturated carbocycles. The molecule has 3 aliphatic rings. The van der Waals surface area contributed by atoms with Gasteiger partial charge in [0.1, 0.15) is 0 Å². The molecular formula is C25H34F3N3O4. The number of aliphatic hydroxyl groups is 1. The van der Waals surface area contributed by atoms with E-state index in [1.807, 2.05) is 4.90 Å². The third-order valence-corrected chi connectivity index (χ3v) is 7.86. The average molecular weight is 498 g/mol. The summed E-state index contributed by atoms with van der Waals surface area (Å²) in [6.07, 6.45) is -1.61. The summed E-state index contributed by atoms with van der Waals surface area (Å²) in [4.78, 5) is 29.7. The van der Waals surface area contributed by atoms with E-state index in [2.05, 4.69) is 0 Å². The third kappa shape index (κ3) is 4.94. The Hall–Kier alpha value is -2.49. The van der Waals surface area contributed by atoms with Crippen LogP contribution in [0, 0.1) is 5.41 Å². The van der Waals surface area contributed by atoms with Gasteiger partial charge in [-0.2, -0.15) is 13.2 Å². The van der Waals surface area contributed by atoms with Crippen LogP contribution in [0.3, 0.4) is 0 Å². The van der Waals surface area contributed by atoms with Crippen molar-refractivity contribution in [2.24, 2.45) is 5.41 Å². The Labute approximate surface area is 203 Å². The predicted octanol–water partition coefficient (Wildman–Crippen LogP) is 4.72. The van der Waals surface area contributed by atoms with Gasteiger partial charge in [-0.3, -0.25) is 9.69 Å². The molecule has 1 unspecified atom stereocenters. The maximum atomic E-state index is 14.1. The molecule has 3 fully saturated rings. The van der Waals surface area contributed by atoms with Gasteiger partial charge in [-0.1, -0.05) is 0 Å². The lowest BCUT2D eigenvalue weighted by atomic mass is 9.78. The molecule has 10 heteroatoms.